The van der Waals surface area contributed by atoms with Gasteiger partial charge in [0.1, 0.15) is 0 Å². The van der Waals surface area contributed by atoms with Crippen LogP contribution in [0.25, 0.3) is 15.7 Å². The molecule has 2 heteroatoms. The van der Waals surface area contributed by atoms with Crippen LogP contribution < -0.4 is 0 Å². The highest BCUT2D eigenvalue weighted by atomic mass is 32.1. The molecule has 3 heterocycles. The molecule has 0 amide bonds. The first-order valence-corrected chi connectivity index (χ1v) is 7.54. The lowest BCUT2D eigenvalue weighted by Gasteiger charge is -2.29. The summed E-state index contributed by atoms with van der Waals surface area (Å²) in [5.41, 5.74) is 1.59. The molecular formula is C16H17NS. The Morgan fingerprint density at radius 3 is 2.94 bits per heavy atom. The summed E-state index contributed by atoms with van der Waals surface area (Å²) in [6.07, 6.45) is 6.45. The third kappa shape index (κ3) is 1.56. The lowest BCUT2D eigenvalue weighted by Crippen LogP contribution is -2.34. The second-order valence-electron chi connectivity index (χ2n) is 5.51. The number of hydrogen-bond acceptors (Lipinski definition) is 2. The third-order valence-corrected chi connectivity index (χ3v) is 5.68. The van der Waals surface area contributed by atoms with Crippen molar-refractivity contribution in [3.63, 3.8) is 0 Å². The summed E-state index contributed by atoms with van der Waals surface area (Å²) >= 11 is 1.95. The SMILES string of the molecule is CN1C2C=C(c3cc4ccccc4s3)CC1CC2. The summed E-state index contributed by atoms with van der Waals surface area (Å²) in [7, 11) is 2.28. The van der Waals surface area contributed by atoms with E-state index in [1.165, 1.54) is 34.2 Å². The van der Waals surface area contributed by atoms with Crippen LogP contribution >= 0.6 is 11.3 Å². The Hall–Kier alpha value is -1.12. The molecule has 92 valence electrons. The number of fused-ring (bicyclic) bond motifs is 3. The van der Waals surface area contributed by atoms with Crippen molar-refractivity contribution in [2.45, 2.75) is 31.3 Å². The number of hydrogen-bond donors (Lipinski definition) is 0. The van der Waals surface area contributed by atoms with E-state index in [1.54, 1.807) is 5.57 Å². The topological polar surface area (TPSA) is 3.24 Å². The van der Waals surface area contributed by atoms with Gasteiger partial charge in [-0.1, -0.05) is 24.3 Å². The van der Waals surface area contributed by atoms with E-state index in [4.69, 9.17) is 0 Å². The highest BCUT2D eigenvalue weighted by Gasteiger charge is 2.34. The minimum absolute atomic E-state index is 0.684. The monoisotopic (exact) mass is 255 g/mol. The van der Waals surface area contributed by atoms with Gasteiger partial charge >= 0.3 is 0 Å². The molecule has 0 aliphatic carbocycles. The predicted octanol–water partition coefficient (Wildman–Crippen LogP) is 4.15. The van der Waals surface area contributed by atoms with Gasteiger partial charge in [0, 0.05) is 21.7 Å². The van der Waals surface area contributed by atoms with Crippen LogP contribution in [0.3, 0.4) is 0 Å². The Morgan fingerprint density at radius 1 is 1.22 bits per heavy atom. The van der Waals surface area contributed by atoms with E-state index in [2.05, 4.69) is 48.4 Å². The molecule has 0 spiro atoms. The molecule has 1 aromatic carbocycles. The number of nitrogens with zero attached hydrogens (tertiary/aromatic N) is 1. The standard InChI is InChI=1S/C16H17NS/c1-17-13-6-7-14(17)9-12(8-13)16-10-11-4-2-3-5-15(11)18-16/h2-5,8,10,13-14H,6-7,9H2,1H3. The van der Waals surface area contributed by atoms with Crippen LogP contribution in [0, 0.1) is 0 Å². The van der Waals surface area contributed by atoms with Crippen LogP contribution in [0.2, 0.25) is 0 Å². The Balaban J connectivity index is 1.77. The zero-order valence-electron chi connectivity index (χ0n) is 10.6. The van der Waals surface area contributed by atoms with Crippen LogP contribution in [0.4, 0.5) is 0 Å². The summed E-state index contributed by atoms with van der Waals surface area (Å²) < 4.78 is 1.42. The second kappa shape index (κ2) is 3.94. The van der Waals surface area contributed by atoms with E-state index in [0.717, 1.165) is 6.04 Å². The average Bonchev–Trinajstić information content (AvgIpc) is 2.87. The van der Waals surface area contributed by atoms with Crippen molar-refractivity contribution in [3.05, 3.63) is 41.3 Å². The Labute approximate surface area is 112 Å². The third-order valence-electron chi connectivity index (χ3n) is 4.49. The minimum Gasteiger partial charge on any atom is -0.297 e. The van der Waals surface area contributed by atoms with E-state index in [0.29, 0.717) is 6.04 Å². The number of thiophene rings is 1. The number of likely N-dealkylation sites (N-methyl/N-ethyl adjacent to an activating group) is 1. The van der Waals surface area contributed by atoms with E-state index in [-0.39, 0.29) is 0 Å². The molecule has 0 N–H and O–H groups in total. The molecule has 2 bridgehead atoms. The maximum absolute atomic E-state index is 2.55. The van der Waals surface area contributed by atoms with Gasteiger partial charge in [0.15, 0.2) is 0 Å². The van der Waals surface area contributed by atoms with Crippen molar-refractivity contribution < 1.29 is 0 Å². The first-order chi connectivity index (χ1) is 8.81. The lowest BCUT2D eigenvalue weighted by atomic mass is 10.0. The Kier molecular flexibility index (Phi) is 2.36. The predicted molar refractivity (Wildman–Crippen MR) is 79.0 cm³/mol. The van der Waals surface area contributed by atoms with Gasteiger partial charge in [-0.15, -0.1) is 11.3 Å². The van der Waals surface area contributed by atoms with Gasteiger partial charge in [-0.25, -0.2) is 0 Å². The van der Waals surface area contributed by atoms with Gasteiger partial charge in [0.05, 0.1) is 0 Å². The average molecular weight is 255 g/mol. The van der Waals surface area contributed by atoms with Gasteiger partial charge < -0.3 is 0 Å². The molecule has 0 radical (unpaired) electrons. The zero-order chi connectivity index (χ0) is 12.1. The summed E-state index contributed by atoms with van der Waals surface area (Å²) in [4.78, 5) is 4.04. The summed E-state index contributed by atoms with van der Waals surface area (Å²) in [6.45, 7) is 0. The van der Waals surface area contributed by atoms with Crippen molar-refractivity contribution in [2.24, 2.45) is 0 Å². The highest BCUT2D eigenvalue weighted by molar-refractivity contribution is 7.20. The number of benzene rings is 1. The highest BCUT2D eigenvalue weighted by Crippen LogP contribution is 2.40. The molecule has 2 aromatic rings. The van der Waals surface area contributed by atoms with E-state index >= 15 is 0 Å². The maximum Gasteiger partial charge on any atom is 0.0349 e. The molecule has 2 aliphatic rings. The van der Waals surface area contributed by atoms with Crippen LogP contribution in [-0.4, -0.2) is 24.0 Å². The van der Waals surface area contributed by atoms with Crippen LogP contribution in [0.5, 0.6) is 0 Å². The lowest BCUT2D eigenvalue weighted by molar-refractivity contribution is 0.264. The normalized spacial score (nSPS) is 27.7. The quantitative estimate of drug-likeness (QED) is 0.740. The molecule has 2 aliphatic heterocycles. The smallest absolute Gasteiger partial charge is 0.0349 e. The van der Waals surface area contributed by atoms with Crippen molar-refractivity contribution in [2.75, 3.05) is 7.05 Å². The van der Waals surface area contributed by atoms with Crippen LogP contribution in [0.1, 0.15) is 24.1 Å². The van der Waals surface area contributed by atoms with Crippen molar-refractivity contribution in [3.8, 4) is 0 Å². The van der Waals surface area contributed by atoms with Crippen molar-refractivity contribution in [1.82, 2.24) is 4.90 Å². The molecule has 4 rings (SSSR count). The molecule has 1 aromatic heterocycles. The van der Waals surface area contributed by atoms with Gasteiger partial charge in [0.25, 0.3) is 0 Å². The zero-order valence-corrected chi connectivity index (χ0v) is 11.4. The first kappa shape index (κ1) is 10.8. The van der Waals surface area contributed by atoms with E-state index in [1.807, 2.05) is 11.3 Å². The fourth-order valence-corrected chi connectivity index (χ4v) is 4.46. The summed E-state index contributed by atoms with van der Waals surface area (Å²) in [5, 5.41) is 1.39. The van der Waals surface area contributed by atoms with Gasteiger partial charge in [-0.3, -0.25) is 4.90 Å². The van der Waals surface area contributed by atoms with E-state index in [9.17, 15) is 0 Å². The maximum atomic E-state index is 2.55. The van der Waals surface area contributed by atoms with Crippen molar-refractivity contribution >= 4 is 27.0 Å². The summed E-state index contributed by atoms with van der Waals surface area (Å²) in [5.74, 6) is 0. The number of rotatable bonds is 1. The summed E-state index contributed by atoms with van der Waals surface area (Å²) in [6, 6.07) is 12.6. The molecule has 2 atom stereocenters. The first-order valence-electron chi connectivity index (χ1n) is 6.73. The minimum atomic E-state index is 0.684. The molecule has 1 nitrogen and oxygen atoms in total. The van der Waals surface area contributed by atoms with Gasteiger partial charge in [0.2, 0.25) is 0 Å². The Morgan fingerprint density at radius 2 is 2.11 bits per heavy atom. The largest absolute Gasteiger partial charge is 0.297 e. The molecule has 1 saturated heterocycles. The molecule has 2 unspecified atom stereocenters. The molecule has 0 saturated carbocycles. The second-order valence-corrected chi connectivity index (χ2v) is 6.59. The molecule has 18 heavy (non-hydrogen) atoms. The fourth-order valence-electron chi connectivity index (χ4n) is 3.37. The van der Waals surface area contributed by atoms with Crippen LogP contribution in [-0.2, 0) is 0 Å². The van der Waals surface area contributed by atoms with Crippen molar-refractivity contribution in [1.29, 1.82) is 0 Å². The van der Waals surface area contributed by atoms with E-state index < -0.39 is 0 Å². The molecule has 1 fully saturated rings. The van der Waals surface area contributed by atoms with Crippen LogP contribution in [0.15, 0.2) is 36.4 Å². The fraction of sp³-hybridized carbons (Fsp3) is 0.375. The molecular weight excluding hydrogens is 238 g/mol. The van der Waals surface area contributed by atoms with Gasteiger partial charge in [-0.2, -0.15) is 0 Å². The Bertz CT molecular complexity index is 592. The van der Waals surface area contributed by atoms with Gasteiger partial charge in [-0.05, 0) is 49.4 Å².